The molecule has 1 unspecified atom stereocenters. The van der Waals surface area contributed by atoms with E-state index in [2.05, 4.69) is 40.1 Å². The zero-order valence-corrected chi connectivity index (χ0v) is 28.1. The van der Waals surface area contributed by atoms with Gasteiger partial charge in [0.05, 0.1) is 12.1 Å². The van der Waals surface area contributed by atoms with Gasteiger partial charge in [-0.1, -0.05) is 32.0 Å². The summed E-state index contributed by atoms with van der Waals surface area (Å²) < 4.78 is 15.8. The third-order valence-electron chi connectivity index (χ3n) is 8.52. The molecule has 5 rings (SSSR count). The Morgan fingerprint density at radius 2 is 1.46 bits per heavy atom. The Morgan fingerprint density at radius 3 is 2.11 bits per heavy atom. The van der Waals surface area contributed by atoms with Crippen LogP contribution in [0.25, 0.3) is 0 Å². The number of carbonyl (C=O) groups excluding carboxylic acids is 3. The number of piperidine rings is 1. The monoisotopic (exact) mass is 695 g/mol. The topological polar surface area (TPSA) is 132 Å². The molecule has 13 heteroatoms. The second-order valence-corrected chi connectivity index (χ2v) is 12.0. The Balaban J connectivity index is 0.00000245. The lowest BCUT2D eigenvalue weighted by molar-refractivity contribution is 0.0882. The molecule has 1 aromatic heterocycles. The Hall–Kier alpha value is -3.28. The van der Waals surface area contributed by atoms with Gasteiger partial charge in [0, 0.05) is 47.2 Å². The molecule has 3 heterocycles. The summed E-state index contributed by atoms with van der Waals surface area (Å²) in [4.78, 5) is 43.4. The van der Waals surface area contributed by atoms with Gasteiger partial charge >= 0.3 is 0 Å². The number of rotatable bonds is 7. The quantitative estimate of drug-likeness (QED) is 0.216. The molecule has 0 aliphatic carbocycles. The lowest BCUT2D eigenvalue weighted by Gasteiger charge is -2.40. The highest BCUT2D eigenvalue weighted by molar-refractivity contribution is 6.11. The second-order valence-electron chi connectivity index (χ2n) is 12.0. The van der Waals surface area contributed by atoms with Crippen LogP contribution in [0.5, 0.6) is 5.75 Å². The van der Waals surface area contributed by atoms with Crippen LogP contribution in [0.15, 0.2) is 60.9 Å². The molecule has 2 amide bonds. The van der Waals surface area contributed by atoms with Gasteiger partial charge in [-0.05, 0) is 74.5 Å². The van der Waals surface area contributed by atoms with Crippen LogP contribution < -0.4 is 21.3 Å². The van der Waals surface area contributed by atoms with Crippen molar-refractivity contribution in [2.75, 3.05) is 19.6 Å². The summed E-state index contributed by atoms with van der Waals surface area (Å²) in [7, 11) is 0. The van der Waals surface area contributed by atoms with Crippen LogP contribution in [0.4, 0.5) is 4.39 Å². The summed E-state index contributed by atoms with van der Waals surface area (Å²) in [5, 5.41) is 23.2. The van der Waals surface area contributed by atoms with E-state index in [9.17, 15) is 19.5 Å². The number of nitrogens with one attached hydrogen (secondary N) is 4. The van der Waals surface area contributed by atoms with Gasteiger partial charge in [0.15, 0.2) is 5.78 Å². The van der Waals surface area contributed by atoms with Crippen molar-refractivity contribution in [3.63, 3.8) is 0 Å². The summed E-state index contributed by atoms with van der Waals surface area (Å²) in [6.07, 6.45) is 6.48. The van der Waals surface area contributed by atoms with E-state index in [-0.39, 0.29) is 83.7 Å². The number of halogens is 4. The van der Waals surface area contributed by atoms with E-state index in [1.165, 1.54) is 36.4 Å². The molecule has 5 N–H and O–H groups in total. The molecule has 0 saturated carbocycles. The Bertz CT molecular complexity index is 1490. The lowest BCUT2D eigenvalue weighted by atomic mass is 9.74. The van der Waals surface area contributed by atoms with E-state index in [0.717, 1.165) is 32.4 Å². The molecule has 3 aromatic rings. The summed E-state index contributed by atoms with van der Waals surface area (Å²) in [5.74, 6) is -2.42. The van der Waals surface area contributed by atoms with Crippen molar-refractivity contribution < 1.29 is 23.9 Å². The zero-order valence-electron chi connectivity index (χ0n) is 25.7. The Morgan fingerprint density at radius 1 is 0.848 bits per heavy atom. The first-order valence-electron chi connectivity index (χ1n) is 14.8. The maximum atomic E-state index is 15.8. The molecular weight excluding hydrogens is 656 g/mol. The Kier molecular flexibility index (Phi) is 14.4. The fraction of sp³-hybridized carbons (Fsp3) is 0.394. The van der Waals surface area contributed by atoms with Crippen LogP contribution in [0, 0.1) is 11.2 Å². The third kappa shape index (κ3) is 8.74. The van der Waals surface area contributed by atoms with Gasteiger partial charge in [-0.2, -0.15) is 0 Å². The van der Waals surface area contributed by atoms with Crippen molar-refractivity contribution in [2.45, 2.75) is 57.7 Å². The number of ketones is 1. The van der Waals surface area contributed by atoms with E-state index in [4.69, 9.17) is 0 Å². The molecule has 2 aromatic carbocycles. The van der Waals surface area contributed by atoms with Gasteiger partial charge in [0.1, 0.15) is 17.1 Å². The molecule has 0 radical (unpaired) electrons. The number of hydrogen-bond acceptors (Lipinski definition) is 7. The van der Waals surface area contributed by atoms with E-state index >= 15 is 4.39 Å². The van der Waals surface area contributed by atoms with Crippen molar-refractivity contribution in [1.82, 2.24) is 26.3 Å². The average Bonchev–Trinajstić information content (AvgIpc) is 3.22. The highest BCUT2D eigenvalue weighted by atomic mass is 35.5. The predicted molar refractivity (Wildman–Crippen MR) is 182 cm³/mol. The van der Waals surface area contributed by atoms with Crippen molar-refractivity contribution >= 4 is 54.8 Å². The summed E-state index contributed by atoms with van der Waals surface area (Å²) in [6, 6.07) is 11.1. The van der Waals surface area contributed by atoms with E-state index in [1.807, 2.05) is 0 Å². The number of carbonyl (C=O) groups is 3. The van der Waals surface area contributed by atoms with E-state index < -0.39 is 17.3 Å². The van der Waals surface area contributed by atoms with Gasteiger partial charge in [0.25, 0.3) is 11.8 Å². The first kappa shape index (κ1) is 38.9. The van der Waals surface area contributed by atoms with Gasteiger partial charge in [-0.25, -0.2) is 4.39 Å². The SMILES string of the molecule is CC1(C)CCCNC1c1ccc(O)c(C(=O)c2ccc(C(=O)N[C@@H]3CCCNC[C@H]3NC(=O)c3ccncc3)cc2)c1F.Cl.Cl.Cl. The highest BCUT2D eigenvalue weighted by Crippen LogP contribution is 2.42. The number of aromatic hydroxyl groups is 1. The first-order chi connectivity index (χ1) is 20.7. The summed E-state index contributed by atoms with van der Waals surface area (Å²) in [5.41, 5.74) is 0.706. The van der Waals surface area contributed by atoms with E-state index in [0.29, 0.717) is 29.7 Å². The number of pyridine rings is 1. The predicted octanol–water partition coefficient (Wildman–Crippen LogP) is 5.15. The fourth-order valence-electron chi connectivity index (χ4n) is 6.06. The number of phenols is 1. The van der Waals surface area contributed by atoms with Gasteiger partial charge in [-0.15, -0.1) is 37.2 Å². The van der Waals surface area contributed by atoms with Crippen LogP contribution in [-0.4, -0.2) is 59.4 Å². The first-order valence-corrected chi connectivity index (χ1v) is 14.8. The fourth-order valence-corrected chi connectivity index (χ4v) is 6.06. The largest absolute Gasteiger partial charge is 0.507 e. The second kappa shape index (κ2) is 17.0. The van der Waals surface area contributed by atoms with Crippen LogP contribution >= 0.6 is 37.2 Å². The van der Waals surface area contributed by atoms with Gasteiger partial charge in [0.2, 0.25) is 0 Å². The minimum absolute atomic E-state index is 0. The lowest BCUT2D eigenvalue weighted by Crippen LogP contribution is -2.54. The third-order valence-corrected chi connectivity index (χ3v) is 8.52. The zero-order chi connectivity index (χ0) is 30.6. The molecule has 0 spiro atoms. The van der Waals surface area contributed by atoms with E-state index in [1.54, 1.807) is 24.5 Å². The Labute approximate surface area is 287 Å². The maximum Gasteiger partial charge on any atom is 0.251 e. The smallest absolute Gasteiger partial charge is 0.251 e. The van der Waals surface area contributed by atoms with Crippen LogP contribution in [0.2, 0.25) is 0 Å². The van der Waals surface area contributed by atoms with Crippen molar-refractivity contribution in [3.05, 3.63) is 94.6 Å². The minimum atomic E-state index is -0.735. The molecule has 250 valence electrons. The van der Waals surface area contributed by atoms with Crippen molar-refractivity contribution in [2.24, 2.45) is 5.41 Å². The number of benzene rings is 2. The number of nitrogens with zero attached hydrogens (tertiary/aromatic N) is 1. The number of aromatic nitrogens is 1. The summed E-state index contributed by atoms with van der Waals surface area (Å²) in [6.45, 7) is 6.13. The summed E-state index contributed by atoms with van der Waals surface area (Å²) >= 11 is 0. The van der Waals surface area contributed by atoms with Crippen LogP contribution in [0.3, 0.4) is 0 Å². The molecule has 46 heavy (non-hydrogen) atoms. The molecular formula is C33H41Cl3FN5O4. The highest BCUT2D eigenvalue weighted by Gasteiger charge is 2.36. The van der Waals surface area contributed by atoms with Gasteiger partial charge < -0.3 is 26.4 Å². The molecule has 2 aliphatic rings. The molecule has 2 fully saturated rings. The van der Waals surface area contributed by atoms with Crippen molar-refractivity contribution in [3.8, 4) is 5.75 Å². The number of amides is 2. The average molecular weight is 697 g/mol. The molecule has 3 atom stereocenters. The molecule has 0 bridgehead atoms. The van der Waals surface area contributed by atoms with Gasteiger partial charge in [-0.3, -0.25) is 19.4 Å². The van der Waals surface area contributed by atoms with Crippen molar-refractivity contribution in [1.29, 1.82) is 0 Å². The maximum absolute atomic E-state index is 15.8. The molecule has 9 nitrogen and oxygen atoms in total. The normalized spacial score (nSPS) is 20.4. The number of phenolic OH excluding ortho intramolecular Hbond substituents is 1. The minimum Gasteiger partial charge on any atom is -0.507 e. The molecule has 2 aliphatic heterocycles. The molecule has 2 saturated heterocycles. The van der Waals surface area contributed by atoms with Crippen LogP contribution in [0.1, 0.15) is 87.8 Å². The number of hydrogen-bond donors (Lipinski definition) is 5. The standard InChI is InChI=1S/C33H38FN5O4.3ClH/c1-33(2)14-4-16-37-30(33)23-10-11-26(40)27(28(23)34)29(41)20-6-8-21(9-7-20)31(42)38-24-5-3-15-36-19-25(24)39-32(43)22-12-17-35-18-13-22;;;/h6-13,17-18,24-25,30,36-37,40H,3-5,14-16,19H2,1-2H3,(H,38,42)(H,39,43);3*1H/t24-,25-,30?;;;/m1.../s1. The van der Waals surface area contributed by atoms with Crippen LogP contribution in [-0.2, 0) is 0 Å².